The standard InChI is InChI=1S/C16H20Cl2N2O3/c1-4-6-12(16(22)23-5-2)10(3)19-20-15(21)13-8-7-11(17)9-14(13)18/h7-9,12H,4-6H2,1-3H3,(H,20,21)/b19-10+/t12-/m1/s1. The third-order valence-corrected chi connectivity index (χ3v) is 3.71. The van der Waals surface area contributed by atoms with E-state index in [1.165, 1.54) is 12.1 Å². The van der Waals surface area contributed by atoms with Gasteiger partial charge in [-0.1, -0.05) is 36.5 Å². The minimum absolute atomic E-state index is 0.235. The molecule has 0 unspecified atom stereocenters. The number of hydrogen-bond acceptors (Lipinski definition) is 4. The first-order valence-electron chi connectivity index (χ1n) is 7.36. The molecule has 1 aromatic carbocycles. The topological polar surface area (TPSA) is 67.8 Å². The van der Waals surface area contributed by atoms with Gasteiger partial charge in [0.15, 0.2) is 0 Å². The Hall–Kier alpha value is -1.59. The number of hydrazone groups is 1. The zero-order chi connectivity index (χ0) is 17.4. The first kappa shape index (κ1) is 19.5. The Morgan fingerprint density at radius 3 is 2.57 bits per heavy atom. The fourth-order valence-corrected chi connectivity index (χ4v) is 2.47. The molecule has 1 atom stereocenters. The number of nitrogens with one attached hydrogen (secondary N) is 1. The van der Waals surface area contributed by atoms with Crippen LogP contribution in [0.5, 0.6) is 0 Å². The number of amides is 1. The highest BCUT2D eigenvalue weighted by Gasteiger charge is 2.22. The van der Waals surface area contributed by atoms with E-state index in [0.717, 1.165) is 6.42 Å². The Morgan fingerprint density at radius 2 is 2.00 bits per heavy atom. The van der Waals surface area contributed by atoms with Gasteiger partial charge in [0.1, 0.15) is 0 Å². The molecule has 1 aromatic rings. The smallest absolute Gasteiger partial charge is 0.314 e. The number of nitrogens with zero attached hydrogens (tertiary/aromatic N) is 1. The van der Waals surface area contributed by atoms with Gasteiger partial charge in [-0.05, 0) is 38.5 Å². The first-order chi connectivity index (χ1) is 10.9. The van der Waals surface area contributed by atoms with Crippen molar-refractivity contribution >= 4 is 40.8 Å². The van der Waals surface area contributed by atoms with Gasteiger partial charge in [-0.25, -0.2) is 5.43 Å². The van der Waals surface area contributed by atoms with Crippen LogP contribution in [-0.4, -0.2) is 24.2 Å². The molecule has 5 nitrogen and oxygen atoms in total. The Labute approximate surface area is 146 Å². The number of hydrogen-bond donors (Lipinski definition) is 1. The van der Waals surface area contributed by atoms with E-state index < -0.39 is 11.8 Å². The van der Waals surface area contributed by atoms with Crippen LogP contribution in [0.25, 0.3) is 0 Å². The van der Waals surface area contributed by atoms with Crippen LogP contribution in [0.1, 0.15) is 44.0 Å². The summed E-state index contributed by atoms with van der Waals surface area (Å²) in [6.45, 7) is 5.70. The molecule has 0 saturated heterocycles. The van der Waals surface area contributed by atoms with Gasteiger partial charge in [0.2, 0.25) is 0 Å². The van der Waals surface area contributed by atoms with Gasteiger partial charge in [0.05, 0.1) is 23.1 Å². The first-order valence-corrected chi connectivity index (χ1v) is 8.12. The molecule has 0 aliphatic rings. The largest absolute Gasteiger partial charge is 0.465 e. The molecule has 0 fully saturated rings. The number of benzene rings is 1. The summed E-state index contributed by atoms with van der Waals surface area (Å²) in [5.41, 5.74) is 3.16. The fraction of sp³-hybridized carbons (Fsp3) is 0.438. The third-order valence-electron chi connectivity index (χ3n) is 3.16. The van der Waals surface area contributed by atoms with Gasteiger partial charge in [0, 0.05) is 10.7 Å². The number of halogens is 2. The summed E-state index contributed by atoms with van der Waals surface area (Å²) in [5, 5.41) is 4.69. The summed E-state index contributed by atoms with van der Waals surface area (Å²) >= 11 is 11.8. The van der Waals surface area contributed by atoms with Crippen LogP contribution in [0.4, 0.5) is 0 Å². The van der Waals surface area contributed by atoms with Crippen molar-refractivity contribution < 1.29 is 14.3 Å². The predicted octanol–water partition coefficient (Wildman–Crippen LogP) is 4.08. The van der Waals surface area contributed by atoms with Gasteiger partial charge in [-0.2, -0.15) is 5.10 Å². The molecule has 0 aliphatic carbocycles. The Balaban J connectivity index is 2.83. The molecule has 23 heavy (non-hydrogen) atoms. The third kappa shape index (κ3) is 5.84. The van der Waals surface area contributed by atoms with Crippen molar-refractivity contribution in [3.63, 3.8) is 0 Å². The number of carbonyl (C=O) groups is 2. The molecule has 0 aliphatic heterocycles. The van der Waals surface area contributed by atoms with Gasteiger partial charge in [0.25, 0.3) is 5.91 Å². The average molecular weight is 359 g/mol. The lowest BCUT2D eigenvalue weighted by molar-refractivity contribution is -0.145. The van der Waals surface area contributed by atoms with E-state index in [1.54, 1.807) is 19.9 Å². The Morgan fingerprint density at radius 1 is 1.30 bits per heavy atom. The second-order valence-corrected chi connectivity index (χ2v) is 5.76. The summed E-state index contributed by atoms with van der Waals surface area (Å²) in [5.74, 6) is -1.28. The molecule has 0 spiro atoms. The van der Waals surface area contributed by atoms with Crippen molar-refractivity contribution in [2.75, 3.05) is 6.61 Å². The number of carbonyl (C=O) groups excluding carboxylic acids is 2. The molecule has 0 saturated carbocycles. The summed E-state index contributed by atoms with van der Waals surface area (Å²) < 4.78 is 5.03. The van der Waals surface area contributed by atoms with Crippen LogP contribution in [-0.2, 0) is 9.53 Å². The molecule has 0 heterocycles. The summed E-state index contributed by atoms with van der Waals surface area (Å²) in [6.07, 6.45) is 1.40. The zero-order valence-corrected chi connectivity index (χ0v) is 14.9. The summed E-state index contributed by atoms with van der Waals surface area (Å²) in [4.78, 5) is 24.0. The zero-order valence-electron chi connectivity index (χ0n) is 13.4. The van der Waals surface area contributed by atoms with E-state index in [9.17, 15) is 9.59 Å². The van der Waals surface area contributed by atoms with E-state index >= 15 is 0 Å². The average Bonchev–Trinajstić information content (AvgIpc) is 2.50. The molecule has 0 radical (unpaired) electrons. The molecule has 1 amide bonds. The van der Waals surface area contributed by atoms with Crippen molar-refractivity contribution in [3.05, 3.63) is 33.8 Å². The van der Waals surface area contributed by atoms with Gasteiger partial charge in [-0.3, -0.25) is 9.59 Å². The van der Waals surface area contributed by atoms with Crippen LogP contribution in [0.15, 0.2) is 23.3 Å². The minimum atomic E-state index is -0.471. The monoisotopic (exact) mass is 358 g/mol. The predicted molar refractivity (Wildman–Crippen MR) is 92.1 cm³/mol. The molecule has 0 bridgehead atoms. The van der Waals surface area contributed by atoms with Gasteiger partial charge in [-0.15, -0.1) is 0 Å². The van der Waals surface area contributed by atoms with E-state index in [1.807, 2.05) is 6.92 Å². The van der Waals surface area contributed by atoms with Gasteiger partial charge >= 0.3 is 5.97 Å². The number of ether oxygens (including phenoxy) is 1. The lowest BCUT2D eigenvalue weighted by Crippen LogP contribution is -2.28. The summed E-state index contributed by atoms with van der Waals surface area (Å²) in [6, 6.07) is 4.56. The highest BCUT2D eigenvalue weighted by molar-refractivity contribution is 6.36. The molecule has 1 N–H and O–H groups in total. The molecule has 0 aromatic heterocycles. The lowest BCUT2D eigenvalue weighted by Gasteiger charge is -2.14. The highest BCUT2D eigenvalue weighted by Crippen LogP contribution is 2.20. The maximum absolute atomic E-state index is 12.1. The second-order valence-electron chi connectivity index (χ2n) is 4.91. The maximum atomic E-state index is 12.1. The number of esters is 1. The van der Waals surface area contributed by atoms with Crippen LogP contribution in [0, 0.1) is 5.92 Å². The second kappa shape index (κ2) is 9.53. The lowest BCUT2D eigenvalue weighted by atomic mass is 9.99. The van der Waals surface area contributed by atoms with E-state index in [0.29, 0.717) is 23.8 Å². The van der Waals surface area contributed by atoms with Crippen molar-refractivity contribution in [1.29, 1.82) is 0 Å². The minimum Gasteiger partial charge on any atom is -0.465 e. The summed E-state index contributed by atoms with van der Waals surface area (Å²) in [7, 11) is 0. The van der Waals surface area contributed by atoms with Gasteiger partial charge < -0.3 is 4.74 Å². The van der Waals surface area contributed by atoms with Crippen molar-refractivity contribution in [2.45, 2.75) is 33.6 Å². The number of rotatable bonds is 7. The van der Waals surface area contributed by atoms with E-state index in [-0.39, 0.29) is 16.6 Å². The van der Waals surface area contributed by atoms with Crippen molar-refractivity contribution in [2.24, 2.45) is 11.0 Å². The van der Waals surface area contributed by atoms with E-state index in [2.05, 4.69) is 10.5 Å². The highest BCUT2D eigenvalue weighted by atomic mass is 35.5. The molecule has 1 rings (SSSR count). The fourth-order valence-electron chi connectivity index (χ4n) is 1.98. The Kier molecular flexibility index (Phi) is 8.06. The van der Waals surface area contributed by atoms with Crippen LogP contribution < -0.4 is 5.43 Å². The normalized spacial score (nSPS) is 12.7. The van der Waals surface area contributed by atoms with E-state index in [4.69, 9.17) is 27.9 Å². The SMILES string of the molecule is CCC[C@@H](C(=O)OCC)/C(C)=N/NC(=O)c1ccc(Cl)cc1Cl. The van der Waals surface area contributed by atoms with Crippen molar-refractivity contribution in [3.8, 4) is 0 Å². The Bertz CT molecular complexity index is 603. The van der Waals surface area contributed by atoms with Crippen LogP contribution >= 0.6 is 23.2 Å². The molecular formula is C16H20Cl2N2O3. The quantitative estimate of drug-likeness (QED) is 0.453. The van der Waals surface area contributed by atoms with Crippen LogP contribution in [0.2, 0.25) is 10.0 Å². The molecule has 126 valence electrons. The molecule has 7 heteroatoms. The maximum Gasteiger partial charge on any atom is 0.314 e. The van der Waals surface area contributed by atoms with Crippen LogP contribution in [0.3, 0.4) is 0 Å². The van der Waals surface area contributed by atoms with Crippen molar-refractivity contribution in [1.82, 2.24) is 5.43 Å². The molecular weight excluding hydrogens is 339 g/mol.